The van der Waals surface area contributed by atoms with E-state index in [1.807, 2.05) is 0 Å². The van der Waals surface area contributed by atoms with E-state index < -0.39 is 48.7 Å². The van der Waals surface area contributed by atoms with Crippen molar-refractivity contribution in [3.05, 3.63) is 23.0 Å². The predicted molar refractivity (Wildman–Crippen MR) is 55.1 cm³/mol. The monoisotopic (exact) mass is 300 g/mol. The molecule has 0 aliphatic carbocycles. The Balaban J connectivity index is 3.46. The van der Waals surface area contributed by atoms with Gasteiger partial charge in [-0.25, -0.2) is 8.78 Å². The average Bonchev–Trinajstić information content (AvgIpc) is 2.28. The van der Waals surface area contributed by atoms with Gasteiger partial charge in [0.05, 0.1) is 6.42 Å². The van der Waals surface area contributed by atoms with Gasteiger partial charge < -0.3 is 15.6 Å². The fourth-order valence-corrected chi connectivity index (χ4v) is 1.49. The van der Waals surface area contributed by atoms with E-state index in [2.05, 4.69) is 9.72 Å². The first-order valence-electron chi connectivity index (χ1n) is 5.12. The number of carbonyl (C=O) groups is 1. The summed E-state index contributed by atoms with van der Waals surface area (Å²) in [6.07, 6.45) is -8.80. The molecule has 0 saturated carbocycles. The van der Waals surface area contributed by atoms with Crippen LogP contribution in [0.4, 0.5) is 22.0 Å². The number of carboxylic acid groups (broad SMARTS) is 1. The molecule has 0 aliphatic heterocycles. The van der Waals surface area contributed by atoms with Gasteiger partial charge in [0.25, 0.3) is 6.43 Å². The highest BCUT2D eigenvalue weighted by Gasteiger charge is 2.35. The van der Waals surface area contributed by atoms with Crippen LogP contribution in [-0.2, 0) is 17.8 Å². The zero-order valence-corrected chi connectivity index (χ0v) is 9.75. The molecule has 10 heteroatoms. The molecule has 0 aliphatic rings. The molecule has 0 amide bonds. The molecular formula is C10H9F5N2O3. The summed E-state index contributed by atoms with van der Waals surface area (Å²) in [5, 5.41) is 8.62. The number of nitrogens with two attached hydrogens (primary N) is 1. The lowest BCUT2D eigenvalue weighted by atomic mass is 10.1. The maximum atomic E-state index is 12.7. The predicted octanol–water partition coefficient (Wildman–Crippen LogP) is 2.00. The van der Waals surface area contributed by atoms with E-state index in [9.17, 15) is 26.7 Å². The van der Waals surface area contributed by atoms with Crippen LogP contribution in [0, 0.1) is 0 Å². The van der Waals surface area contributed by atoms with Crippen LogP contribution < -0.4 is 10.5 Å². The minimum absolute atomic E-state index is 0.317. The summed E-state index contributed by atoms with van der Waals surface area (Å²) in [4.78, 5) is 13.9. The molecule has 0 fully saturated rings. The van der Waals surface area contributed by atoms with Crippen molar-refractivity contribution in [1.82, 2.24) is 4.98 Å². The van der Waals surface area contributed by atoms with Gasteiger partial charge in [-0.2, -0.15) is 0 Å². The molecule has 1 aromatic rings. The van der Waals surface area contributed by atoms with Crippen LogP contribution >= 0.6 is 0 Å². The number of halogens is 5. The van der Waals surface area contributed by atoms with Crippen molar-refractivity contribution in [3.8, 4) is 5.75 Å². The zero-order valence-electron chi connectivity index (χ0n) is 9.75. The van der Waals surface area contributed by atoms with Gasteiger partial charge in [-0.15, -0.1) is 13.2 Å². The molecule has 1 heterocycles. The number of aromatic nitrogens is 1. The van der Waals surface area contributed by atoms with Crippen molar-refractivity contribution in [2.24, 2.45) is 5.73 Å². The molecular weight excluding hydrogens is 291 g/mol. The first-order chi connectivity index (χ1) is 9.15. The third kappa shape index (κ3) is 4.02. The second-order valence-corrected chi connectivity index (χ2v) is 3.60. The Hall–Kier alpha value is -1.97. The van der Waals surface area contributed by atoms with E-state index in [0.29, 0.717) is 6.20 Å². The Morgan fingerprint density at radius 3 is 2.45 bits per heavy atom. The first-order valence-corrected chi connectivity index (χ1v) is 5.12. The van der Waals surface area contributed by atoms with Crippen molar-refractivity contribution in [3.63, 3.8) is 0 Å². The topological polar surface area (TPSA) is 85.4 Å². The van der Waals surface area contributed by atoms with Crippen molar-refractivity contribution >= 4 is 5.97 Å². The summed E-state index contributed by atoms with van der Waals surface area (Å²) in [6, 6.07) is 0. The van der Waals surface area contributed by atoms with Crippen LogP contribution in [0.25, 0.3) is 0 Å². The number of hydrogen-bond acceptors (Lipinski definition) is 4. The molecule has 0 spiro atoms. The Bertz CT molecular complexity index is 504. The molecule has 20 heavy (non-hydrogen) atoms. The fraction of sp³-hybridized carbons (Fsp3) is 0.400. The van der Waals surface area contributed by atoms with Gasteiger partial charge in [0.2, 0.25) is 0 Å². The quantitative estimate of drug-likeness (QED) is 0.812. The molecule has 0 saturated heterocycles. The molecule has 0 radical (unpaired) electrons. The second kappa shape index (κ2) is 5.99. The van der Waals surface area contributed by atoms with Gasteiger partial charge in [-0.3, -0.25) is 9.78 Å². The summed E-state index contributed by atoms with van der Waals surface area (Å²) >= 11 is 0. The van der Waals surface area contributed by atoms with Gasteiger partial charge in [0.15, 0.2) is 0 Å². The Morgan fingerprint density at radius 1 is 1.45 bits per heavy atom. The number of alkyl halides is 5. The minimum Gasteiger partial charge on any atom is -0.481 e. The van der Waals surface area contributed by atoms with E-state index >= 15 is 0 Å². The molecule has 112 valence electrons. The smallest absolute Gasteiger partial charge is 0.481 e. The van der Waals surface area contributed by atoms with Crippen molar-refractivity contribution in [2.75, 3.05) is 0 Å². The fourth-order valence-electron chi connectivity index (χ4n) is 1.49. The molecule has 5 nitrogen and oxygen atoms in total. The summed E-state index contributed by atoms with van der Waals surface area (Å²) in [5.74, 6) is -2.64. The van der Waals surface area contributed by atoms with Crippen LogP contribution in [0.15, 0.2) is 6.20 Å². The van der Waals surface area contributed by atoms with Crippen molar-refractivity contribution < 1.29 is 36.6 Å². The zero-order chi connectivity index (χ0) is 15.5. The molecule has 0 bridgehead atoms. The highest BCUT2D eigenvalue weighted by atomic mass is 19.4. The number of nitrogens with zero attached hydrogens (tertiary/aromatic N) is 1. The van der Waals surface area contributed by atoms with E-state index in [1.165, 1.54) is 0 Å². The lowest BCUT2D eigenvalue weighted by Crippen LogP contribution is -2.22. The number of rotatable bonds is 5. The first kappa shape index (κ1) is 16.1. The van der Waals surface area contributed by atoms with Gasteiger partial charge in [-0.05, 0) is 0 Å². The minimum atomic E-state index is -5.17. The third-order valence-corrected chi connectivity index (χ3v) is 2.21. The second-order valence-electron chi connectivity index (χ2n) is 3.60. The maximum absolute atomic E-state index is 12.7. The molecule has 0 atom stereocenters. The summed E-state index contributed by atoms with van der Waals surface area (Å²) < 4.78 is 65.9. The average molecular weight is 300 g/mol. The summed E-state index contributed by atoms with van der Waals surface area (Å²) in [7, 11) is 0. The molecule has 0 aromatic carbocycles. The SMILES string of the molecule is NCc1cnc(C(F)F)c(CC(=O)O)c1OC(F)(F)F. The Morgan fingerprint density at radius 2 is 2.05 bits per heavy atom. The van der Waals surface area contributed by atoms with Crippen LogP contribution in [0.3, 0.4) is 0 Å². The van der Waals surface area contributed by atoms with Crippen LogP contribution in [0.5, 0.6) is 5.75 Å². The van der Waals surface area contributed by atoms with Crippen LogP contribution in [-0.4, -0.2) is 22.4 Å². The van der Waals surface area contributed by atoms with E-state index in [4.69, 9.17) is 10.8 Å². The Kier molecular flexibility index (Phi) is 4.82. The van der Waals surface area contributed by atoms with Crippen LogP contribution in [0.2, 0.25) is 0 Å². The number of carboxylic acids is 1. The third-order valence-electron chi connectivity index (χ3n) is 2.21. The maximum Gasteiger partial charge on any atom is 0.573 e. The normalized spacial score (nSPS) is 11.8. The van der Waals surface area contributed by atoms with Gasteiger partial charge in [0, 0.05) is 23.9 Å². The molecule has 0 unspecified atom stereocenters. The highest BCUT2D eigenvalue weighted by Crippen LogP contribution is 2.35. The molecule has 1 aromatic heterocycles. The van der Waals surface area contributed by atoms with Crippen molar-refractivity contribution in [1.29, 1.82) is 0 Å². The van der Waals surface area contributed by atoms with E-state index in [1.54, 1.807) is 0 Å². The van der Waals surface area contributed by atoms with Gasteiger partial charge in [0.1, 0.15) is 11.4 Å². The van der Waals surface area contributed by atoms with Gasteiger partial charge >= 0.3 is 12.3 Å². The largest absolute Gasteiger partial charge is 0.573 e. The van der Waals surface area contributed by atoms with E-state index in [-0.39, 0.29) is 5.56 Å². The summed E-state index contributed by atoms with van der Waals surface area (Å²) in [5.41, 5.74) is 2.94. The van der Waals surface area contributed by atoms with Crippen LogP contribution in [0.1, 0.15) is 23.2 Å². The highest BCUT2D eigenvalue weighted by molar-refractivity contribution is 5.72. The standard InChI is InChI=1S/C10H9F5N2O3/c11-9(12)7-5(1-6(18)19)8(20-10(13,14)15)4(2-16)3-17-7/h3,9H,1-2,16H2,(H,18,19). The van der Waals surface area contributed by atoms with Crippen molar-refractivity contribution in [2.45, 2.75) is 25.8 Å². The number of hydrogen-bond donors (Lipinski definition) is 2. The lowest BCUT2D eigenvalue weighted by molar-refractivity contribution is -0.275. The number of aliphatic carboxylic acids is 1. The lowest BCUT2D eigenvalue weighted by Gasteiger charge is -2.17. The van der Waals surface area contributed by atoms with Gasteiger partial charge in [-0.1, -0.05) is 0 Å². The number of pyridine rings is 1. The Labute approximate surface area is 109 Å². The molecule has 3 N–H and O–H groups in total. The summed E-state index contributed by atoms with van der Waals surface area (Å²) in [6.45, 7) is -0.478. The van der Waals surface area contributed by atoms with E-state index in [0.717, 1.165) is 0 Å². The number of ether oxygens (including phenoxy) is 1. The molecule has 1 rings (SSSR count).